The largest absolute Gasteiger partial charge is 0.374 e. The van der Waals surface area contributed by atoms with Crippen molar-refractivity contribution in [3.05, 3.63) is 47.5 Å². The van der Waals surface area contributed by atoms with Gasteiger partial charge < -0.3 is 4.74 Å². The van der Waals surface area contributed by atoms with E-state index in [0.717, 1.165) is 19.3 Å². The van der Waals surface area contributed by atoms with Crippen molar-refractivity contribution in [1.82, 2.24) is 0 Å². The van der Waals surface area contributed by atoms with E-state index in [9.17, 15) is 0 Å². The zero-order valence-electron chi connectivity index (χ0n) is 9.56. The molecule has 0 saturated carbocycles. The van der Waals surface area contributed by atoms with Gasteiger partial charge in [0.2, 0.25) is 0 Å². The second kappa shape index (κ2) is 4.42. The minimum atomic E-state index is 0.425. The molecule has 1 aromatic carbocycles. The number of fused-ring (bicyclic) bond motifs is 1. The first kappa shape index (κ1) is 10.1. The number of ether oxygens (including phenoxy) is 1. The fraction of sp³-hybridized carbons (Fsp3) is 0.467. The second-order valence-electron chi connectivity index (χ2n) is 4.84. The van der Waals surface area contributed by atoms with Crippen LogP contribution in [0, 0.1) is 0 Å². The standard InChI is InChI=1S/C15H18O/c1-2-8-14(9-3-1)16-15-10-12-6-4-5-7-13(12)11-15/h1-2,4-7,14-15H,3,8-11H2. The van der Waals surface area contributed by atoms with Gasteiger partial charge >= 0.3 is 0 Å². The van der Waals surface area contributed by atoms with Crippen LogP contribution in [0.3, 0.4) is 0 Å². The van der Waals surface area contributed by atoms with Crippen LogP contribution in [-0.4, -0.2) is 12.2 Å². The van der Waals surface area contributed by atoms with Gasteiger partial charge in [-0.05, 0) is 43.2 Å². The summed E-state index contributed by atoms with van der Waals surface area (Å²) in [6.45, 7) is 0. The van der Waals surface area contributed by atoms with Crippen molar-refractivity contribution in [1.29, 1.82) is 0 Å². The molecular weight excluding hydrogens is 196 g/mol. The Kier molecular flexibility index (Phi) is 2.79. The lowest BCUT2D eigenvalue weighted by atomic mass is 10.0. The highest BCUT2D eigenvalue weighted by atomic mass is 16.5. The number of rotatable bonds is 2. The summed E-state index contributed by atoms with van der Waals surface area (Å²) in [7, 11) is 0. The zero-order valence-corrected chi connectivity index (χ0v) is 9.56. The molecule has 16 heavy (non-hydrogen) atoms. The van der Waals surface area contributed by atoms with Gasteiger partial charge in [0.05, 0.1) is 12.2 Å². The van der Waals surface area contributed by atoms with Gasteiger partial charge in [-0.3, -0.25) is 0 Å². The molecule has 2 aliphatic carbocycles. The Hall–Kier alpha value is -1.08. The zero-order chi connectivity index (χ0) is 10.8. The summed E-state index contributed by atoms with van der Waals surface area (Å²) in [6.07, 6.45) is 11.1. The molecule has 0 N–H and O–H groups in total. The average molecular weight is 214 g/mol. The molecule has 3 rings (SSSR count). The fourth-order valence-corrected chi connectivity index (χ4v) is 2.78. The van der Waals surface area contributed by atoms with Crippen LogP contribution in [0.4, 0.5) is 0 Å². The Balaban J connectivity index is 1.61. The van der Waals surface area contributed by atoms with E-state index >= 15 is 0 Å². The molecule has 0 amide bonds. The molecule has 1 atom stereocenters. The first-order valence-corrected chi connectivity index (χ1v) is 6.29. The molecule has 0 heterocycles. The molecule has 1 heteroatoms. The lowest BCUT2D eigenvalue weighted by Gasteiger charge is -2.22. The monoisotopic (exact) mass is 214 g/mol. The molecule has 0 spiro atoms. The number of hydrogen-bond acceptors (Lipinski definition) is 1. The molecule has 0 bridgehead atoms. The van der Waals surface area contributed by atoms with Gasteiger partial charge in [0, 0.05) is 0 Å². The van der Waals surface area contributed by atoms with Crippen LogP contribution in [0.5, 0.6) is 0 Å². The smallest absolute Gasteiger partial charge is 0.0659 e. The first-order chi connectivity index (χ1) is 7.92. The van der Waals surface area contributed by atoms with E-state index in [4.69, 9.17) is 4.74 Å². The maximum atomic E-state index is 6.18. The summed E-state index contributed by atoms with van der Waals surface area (Å²) in [6, 6.07) is 8.73. The van der Waals surface area contributed by atoms with E-state index in [1.807, 2.05) is 0 Å². The molecule has 84 valence electrons. The van der Waals surface area contributed by atoms with Gasteiger partial charge in [0.1, 0.15) is 0 Å². The Labute approximate surface area is 97.1 Å². The van der Waals surface area contributed by atoms with Crippen molar-refractivity contribution in [3.63, 3.8) is 0 Å². The van der Waals surface area contributed by atoms with Crippen molar-refractivity contribution in [2.24, 2.45) is 0 Å². The van der Waals surface area contributed by atoms with Crippen LogP contribution >= 0.6 is 0 Å². The van der Waals surface area contributed by atoms with E-state index in [2.05, 4.69) is 36.4 Å². The normalized spacial score (nSPS) is 24.6. The van der Waals surface area contributed by atoms with E-state index in [-0.39, 0.29) is 0 Å². The maximum Gasteiger partial charge on any atom is 0.0659 e. The molecule has 1 nitrogen and oxygen atoms in total. The Bertz CT molecular complexity index is 369. The second-order valence-corrected chi connectivity index (χ2v) is 4.84. The molecule has 0 radical (unpaired) electrons. The summed E-state index contributed by atoms with van der Waals surface area (Å²) in [4.78, 5) is 0. The minimum Gasteiger partial charge on any atom is -0.374 e. The highest BCUT2D eigenvalue weighted by Crippen LogP contribution is 2.26. The quantitative estimate of drug-likeness (QED) is 0.686. The van der Waals surface area contributed by atoms with Crippen LogP contribution in [0.2, 0.25) is 0 Å². The summed E-state index contributed by atoms with van der Waals surface area (Å²) in [5.41, 5.74) is 2.97. The van der Waals surface area contributed by atoms with Crippen molar-refractivity contribution < 1.29 is 4.74 Å². The van der Waals surface area contributed by atoms with Crippen molar-refractivity contribution in [2.75, 3.05) is 0 Å². The van der Waals surface area contributed by atoms with Gasteiger partial charge in [0.25, 0.3) is 0 Å². The highest BCUT2D eigenvalue weighted by Gasteiger charge is 2.24. The minimum absolute atomic E-state index is 0.425. The number of benzene rings is 1. The van der Waals surface area contributed by atoms with E-state index in [1.165, 1.54) is 24.0 Å². The van der Waals surface area contributed by atoms with Gasteiger partial charge in [0.15, 0.2) is 0 Å². The first-order valence-electron chi connectivity index (χ1n) is 6.29. The third kappa shape index (κ3) is 2.05. The Morgan fingerprint density at radius 2 is 1.69 bits per heavy atom. The van der Waals surface area contributed by atoms with Crippen molar-refractivity contribution in [2.45, 2.75) is 44.3 Å². The average Bonchev–Trinajstić information content (AvgIpc) is 2.72. The molecule has 2 aliphatic rings. The predicted molar refractivity (Wildman–Crippen MR) is 65.5 cm³/mol. The molecule has 0 saturated heterocycles. The van der Waals surface area contributed by atoms with Crippen molar-refractivity contribution in [3.8, 4) is 0 Å². The summed E-state index contributed by atoms with van der Waals surface area (Å²) in [5.74, 6) is 0. The van der Waals surface area contributed by atoms with E-state index in [1.54, 1.807) is 0 Å². The molecular formula is C15H18O. The number of allylic oxidation sites excluding steroid dienone is 1. The van der Waals surface area contributed by atoms with E-state index in [0.29, 0.717) is 12.2 Å². The third-order valence-electron chi connectivity index (χ3n) is 3.62. The topological polar surface area (TPSA) is 9.23 Å². The Morgan fingerprint density at radius 1 is 0.938 bits per heavy atom. The predicted octanol–water partition coefficient (Wildman–Crippen LogP) is 3.28. The molecule has 0 aromatic heterocycles. The molecule has 0 fully saturated rings. The highest BCUT2D eigenvalue weighted by molar-refractivity contribution is 5.32. The summed E-state index contributed by atoms with van der Waals surface area (Å²) >= 11 is 0. The molecule has 0 aliphatic heterocycles. The lowest BCUT2D eigenvalue weighted by Crippen LogP contribution is -2.23. The summed E-state index contributed by atoms with van der Waals surface area (Å²) < 4.78 is 6.18. The third-order valence-corrected chi connectivity index (χ3v) is 3.62. The molecule has 1 aromatic rings. The van der Waals surface area contributed by atoms with Gasteiger partial charge in [-0.1, -0.05) is 36.4 Å². The summed E-state index contributed by atoms with van der Waals surface area (Å²) in [5, 5.41) is 0. The van der Waals surface area contributed by atoms with Crippen LogP contribution in [0.1, 0.15) is 30.4 Å². The van der Waals surface area contributed by atoms with Crippen LogP contribution < -0.4 is 0 Å². The lowest BCUT2D eigenvalue weighted by molar-refractivity contribution is -0.0100. The van der Waals surface area contributed by atoms with E-state index < -0.39 is 0 Å². The Morgan fingerprint density at radius 3 is 2.31 bits per heavy atom. The van der Waals surface area contributed by atoms with Crippen molar-refractivity contribution >= 4 is 0 Å². The van der Waals surface area contributed by atoms with Gasteiger partial charge in [-0.2, -0.15) is 0 Å². The SMILES string of the molecule is C1=CCC(OC2Cc3ccccc3C2)CC1. The fourth-order valence-electron chi connectivity index (χ4n) is 2.78. The van der Waals surface area contributed by atoms with Crippen LogP contribution in [0.15, 0.2) is 36.4 Å². The van der Waals surface area contributed by atoms with Crippen LogP contribution in [0.25, 0.3) is 0 Å². The maximum absolute atomic E-state index is 6.18. The van der Waals surface area contributed by atoms with Gasteiger partial charge in [-0.25, -0.2) is 0 Å². The molecule has 1 unspecified atom stereocenters. The van der Waals surface area contributed by atoms with Crippen LogP contribution in [-0.2, 0) is 17.6 Å². The van der Waals surface area contributed by atoms with Gasteiger partial charge in [-0.15, -0.1) is 0 Å². The number of hydrogen-bond donors (Lipinski definition) is 0.